The molecule has 0 aliphatic rings. The first-order valence-electron chi connectivity index (χ1n) is 33.3. The summed E-state index contributed by atoms with van der Waals surface area (Å²) in [6.07, 6.45) is 0. The highest BCUT2D eigenvalue weighted by molar-refractivity contribution is 9.09. The van der Waals surface area contributed by atoms with Crippen LogP contribution in [0.25, 0.3) is 50.3 Å². The summed E-state index contributed by atoms with van der Waals surface area (Å²) >= 11 is 9.17. The number of carbonyl (C=O) groups excluding carboxylic acids is 3. The number of nitrogens with zero attached hydrogens (tertiary/aromatic N) is 13. The maximum absolute atomic E-state index is 12.0. The van der Waals surface area contributed by atoms with Crippen molar-refractivity contribution in [1.82, 2.24) is 59.3 Å². The first-order chi connectivity index (χ1) is 51.4. The van der Waals surface area contributed by atoms with E-state index < -0.39 is 0 Å². The van der Waals surface area contributed by atoms with Gasteiger partial charge in [0.2, 0.25) is 5.89 Å². The van der Waals surface area contributed by atoms with Crippen molar-refractivity contribution in [3.63, 3.8) is 0 Å². The van der Waals surface area contributed by atoms with Gasteiger partial charge in [0.1, 0.15) is 63.2 Å². The number of nitrogens with two attached hydrogens (primary N) is 1. The number of rotatable bonds is 29. The summed E-state index contributed by atoms with van der Waals surface area (Å²) < 4.78 is 76.7. The molecule has 0 saturated carbocycles. The van der Waals surface area contributed by atoms with Crippen molar-refractivity contribution in [3.8, 4) is 67.9 Å². The zero-order chi connectivity index (χ0) is 78.9. The van der Waals surface area contributed by atoms with Crippen LogP contribution < -0.4 is 49.3 Å². The van der Waals surface area contributed by atoms with E-state index in [1.807, 2.05) is 118 Å². The molecule has 582 valence electrons. The van der Waals surface area contributed by atoms with Gasteiger partial charge in [0, 0.05) is 119 Å². The number of aryl methyl sites for hydroxylation is 7. The van der Waals surface area contributed by atoms with E-state index in [0.29, 0.717) is 110 Å². The highest BCUT2D eigenvalue weighted by Gasteiger charge is 2.26. The van der Waals surface area contributed by atoms with E-state index in [4.69, 9.17) is 89.4 Å². The van der Waals surface area contributed by atoms with Crippen LogP contribution in [0.5, 0.6) is 34.5 Å². The molecular formula is C73H99BrClN15O17. The van der Waals surface area contributed by atoms with E-state index in [0.717, 1.165) is 96.3 Å². The molecule has 7 aromatic heterocycles. The summed E-state index contributed by atoms with van der Waals surface area (Å²) in [6, 6.07) is 22.7. The molecule has 10 aromatic rings. The number of halogens is 2. The van der Waals surface area contributed by atoms with Gasteiger partial charge in [-0.1, -0.05) is 32.7 Å². The molecule has 0 saturated heterocycles. The third kappa shape index (κ3) is 24.5. The predicted molar refractivity (Wildman–Crippen MR) is 410 cm³/mol. The second-order valence-electron chi connectivity index (χ2n) is 22.9. The fourth-order valence-electron chi connectivity index (χ4n) is 10.4. The fourth-order valence-corrected chi connectivity index (χ4v) is 10.9. The molecule has 0 amide bonds. The van der Waals surface area contributed by atoms with Gasteiger partial charge in [-0.25, -0.2) is 19.5 Å². The minimum atomic E-state index is -0.348. The Bertz CT molecular complexity index is 4470. The van der Waals surface area contributed by atoms with E-state index in [2.05, 4.69) is 60.6 Å². The largest absolute Gasteiger partial charge is 0.497 e. The van der Waals surface area contributed by atoms with Crippen molar-refractivity contribution in [1.29, 1.82) is 0 Å². The number of aromatic nitrogens is 11. The molecular weight excluding hydrogens is 1470 g/mol. The summed E-state index contributed by atoms with van der Waals surface area (Å²) in [7, 11) is 20.4. The van der Waals surface area contributed by atoms with Crippen molar-refractivity contribution in [2.45, 2.75) is 55.0 Å². The van der Waals surface area contributed by atoms with Crippen LogP contribution in [0, 0.1) is 48.5 Å². The molecule has 0 radical (unpaired) electrons. The third-order valence-electron chi connectivity index (χ3n) is 15.5. The standard InChI is InChI=1S/C23H28N6O4.C22H28N4O5.C16H16ClN3O2.C6H13NO3.C3H5BrO2.C3H9NO/c1-14-11-21(28(9-10-30-4)13-20-25-16(3)27-33-20)29-23(24-14)22(15(2)26-29)18-8-7-17(31-5)12-19(18)32-6;1-14-11-19(25(9-10-28-3)13-20(27)31-6)26-22(23-14)21(15(2)24-26)17-8-7-16(29-4)12-18(17)30-5;1-9-7-14(17)20-16(18-9)15(10(2)19-20)12-6-5-11(21-3)8-13(12)22-4;1-9-4-3-7-5-6(8)10-2;1-6-3(5)2-4;1-5-3-2-4/h7-8,11-12H,9-10,13H2,1-6H3;7-8,11-12H,9-10,13H2,1-6H3;5-8H,1-4H3;7H,3-5H2,1-2H3;2H2,1H3;2-4H2,1H3. The lowest BCUT2D eigenvalue weighted by Gasteiger charge is -2.24. The van der Waals surface area contributed by atoms with E-state index in [1.54, 1.807) is 93.1 Å². The highest BCUT2D eigenvalue weighted by atomic mass is 79.9. The molecule has 34 heteroatoms. The maximum Gasteiger partial charge on any atom is 0.325 e. The molecule has 107 heavy (non-hydrogen) atoms. The molecule has 0 aliphatic heterocycles. The second kappa shape index (κ2) is 44.8. The molecule has 3 N–H and O–H groups in total. The number of ether oxygens (including phenoxy) is 13. The second-order valence-corrected chi connectivity index (χ2v) is 23.8. The van der Waals surface area contributed by atoms with Crippen LogP contribution in [0.4, 0.5) is 11.6 Å². The van der Waals surface area contributed by atoms with Crippen molar-refractivity contribution < 1.29 is 80.5 Å². The summed E-state index contributed by atoms with van der Waals surface area (Å²) in [5.74, 6) is 6.06. The van der Waals surface area contributed by atoms with Gasteiger partial charge in [-0.15, -0.1) is 0 Å². The number of alkyl halides is 1. The van der Waals surface area contributed by atoms with Gasteiger partial charge in [0.25, 0.3) is 0 Å². The average Bonchev–Trinajstić information content (AvgIpc) is 1.64. The Morgan fingerprint density at radius 3 is 1.25 bits per heavy atom. The van der Waals surface area contributed by atoms with Crippen LogP contribution in [0.15, 0.2) is 77.3 Å². The van der Waals surface area contributed by atoms with Crippen LogP contribution in [0.3, 0.4) is 0 Å². The number of hydrogen-bond donors (Lipinski definition) is 2. The summed E-state index contributed by atoms with van der Waals surface area (Å²) in [5, 5.41) is 21.6. The van der Waals surface area contributed by atoms with Gasteiger partial charge in [0.05, 0.1) is 137 Å². The fraction of sp³-hybridized carbons (Fsp3) is 0.438. The van der Waals surface area contributed by atoms with Gasteiger partial charge in [0.15, 0.2) is 22.8 Å². The molecule has 0 aliphatic carbocycles. The number of carbonyl (C=O) groups is 3. The molecule has 0 unspecified atom stereocenters. The first-order valence-corrected chi connectivity index (χ1v) is 34.8. The number of methoxy groups -OCH3 is 13. The van der Waals surface area contributed by atoms with Gasteiger partial charge >= 0.3 is 17.9 Å². The number of fused-ring (bicyclic) bond motifs is 3. The molecule has 32 nitrogen and oxygen atoms in total. The summed E-state index contributed by atoms with van der Waals surface area (Å²) in [5.41, 5.74) is 17.4. The zero-order valence-electron chi connectivity index (χ0n) is 64.5. The van der Waals surface area contributed by atoms with E-state index in [-0.39, 0.29) is 36.3 Å². The number of benzene rings is 3. The number of nitrogens with one attached hydrogen (secondary N) is 1. The highest BCUT2D eigenvalue weighted by Crippen LogP contribution is 2.41. The van der Waals surface area contributed by atoms with Crippen LogP contribution in [0.2, 0.25) is 5.15 Å². The number of anilines is 2. The van der Waals surface area contributed by atoms with E-state index in [1.165, 1.54) is 21.3 Å². The molecule has 0 spiro atoms. The summed E-state index contributed by atoms with van der Waals surface area (Å²) in [6.45, 7) is 18.8. The van der Waals surface area contributed by atoms with Crippen LogP contribution in [-0.4, -0.2) is 235 Å². The quantitative estimate of drug-likeness (QED) is 0.0145. The van der Waals surface area contributed by atoms with Crippen molar-refractivity contribution in [3.05, 3.63) is 124 Å². The lowest BCUT2D eigenvalue weighted by atomic mass is 10.0. The zero-order valence-corrected chi connectivity index (χ0v) is 66.8. The minimum Gasteiger partial charge on any atom is -0.497 e. The van der Waals surface area contributed by atoms with Crippen molar-refractivity contribution in [2.24, 2.45) is 5.73 Å². The van der Waals surface area contributed by atoms with Gasteiger partial charge in [-0.3, -0.25) is 14.4 Å². The minimum absolute atomic E-state index is 0.0680. The Morgan fingerprint density at radius 1 is 0.495 bits per heavy atom. The first kappa shape index (κ1) is 87.6. The number of esters is 3. The molecule has 0 atom stereocenters. The van der Waals surface area contributed by atoms with Gasteiger partial charge < -0.3 is 87.0 Å². The molecule has 3 aromatic carbocycles. The summed E-state index contributed by atoms with van der Waals surface area (Å²) in [4.78, 5) is 54.9. The van der Waals surface area contributed by atoms with Crippen LogP contribution in [-0.2, 0) is 54.1 Å². The SMILES string of the molecule is COC(=O)CBr.COCCN.COCCN(CC(=O)OC)c1cc(C)nc2c(-c3ccc(OC)cc3OC)c(C)nn12.COCCN(Cc1nc(C)no1)c1cc(C)nc2c(-c3ccc(OC)cc3OC)c(C)nn12.COCCNCC(=O)OC.COc1ccc(-c2c(C)nn3c(Cl)cc(C)nc23)c(OC)c1. The average molecular weight is 1570 g/mol. The Hall–Kier alpha value is -10.0. The van der Waals surface area contributed by atoms with E-state index in [9.17, 15) is 14.4 Å². The van der Waals surface area contributed by atoms with Gasteiger partial charge in [-0.2, -0.15) is 29.3 Å². The molecule has 10 rings (SSSR count). The molecule has 0 fully saturated rings. The third-order valence-corrected chi connectivity index (χ3v) is 16.2. The predicted octanol–water partition coefficient (Wildman–Crippen LogP) is 9.26. The Balaban J connectivity index is 0.000000256. The molecule has 7 heterocycles. The van der Waals surface area contributed by atoms with Crippen LogP contribution >= 0.6 is 27.5 Å². The number of hydrogen-bond acceptors (Lipinski definition) is 29. The topological polar surface area (TPSA) is 345 Å². The normalized spacial score (nSPS) is 10.6. The lowest BCUT2D eigenvalue weighted by molar-refractivity contribution is -0.140. The Labute approximate surface area is 636 Å². The Kier molecular flexibility index (Phi) is 36.7. The molecule has 0 bridgehead atoms. The van der Waals surface area contributed by atoms with Crippen molar-refractivity contribution >= 4 is 74.0 Å². The van der Waals surface area contributed by atoms with Crippen molar-refractivity contribution in [2.75, 3.05) is 173 Å². The monoisotopic (exact) mass is 1570 g/mol. The maximum atomic E-state index is 12.0. The lowest BCUT2D eigenvalue weighted by Crippen LogP contribution is -2.35. The van der Waals surface area contributed by atoms with E-state index >= 15 is 0 Å². The Morgan fingerprint density at radius 2 is 0.897 bits per heavy atom. The van der Waals surface area contributed by atoms with Crippen LogP contribution in [0.1, 0.15) is 45.9 Å². The smallest absolute Gasteiger partial charge is 0.325 e. The van der Waals surface area contributed by atoms with Gasteiger partial charge in [-0.05, 0) is 90.9 Å².